The van der Waals surface area contributed by atoms with E-state index in [1.54, 1.807) is 0 Å². The van der Waals surface area contributed by atoms with Crippen LogP contribution in [-0.4, -0.2) is 34.4 Å². The molecule has 0 spiro atoms. The lowest BCUT2D eigenvalue weighted by molar-refractivity contribution is 0.255. The van der Waals surface area contributed by atoms with Crippen LogP contribution in [0.25, 0.3) is 28.0 Å². The number of benzene rings is 1. The Bertz CT molecular complexity index is 1190. The Labute approximate surface area is 174 Å². The number of thiophene rings is 1. The normalized spacial score (nSPS) is 15.6. The number of pyridine rings is 1. The summed E-state index contributed by atoms with van der Waals surface area (Å²) in [6.07, 6.45) is 6.44. The Balaban J connectivity index is 1.41. The second-order valence-corrected chi connectivity index (χ2v) is 8.71. The molecule has 0 bridgehead atoms. The number of aromatic nitrogens is 2. The molecule has 0 saturated carbocycles. The van der Waals surface area contributed by atoms with Gasteiger partial charge in [0, 0.05) is 17.1 Å². The molecule has 0 radical (unpaired) electrons. The summed E-state index contributed by atoms with van der Waals surface area (Å²) in [5, 5.41) is 11.1. The highest BCUT2D eigenvalue weighted by Crippen LogP contribution is 2.31. The molecule has 5 heteroatoms. The predicted octanol–water partition coefficient (Wildman–Crippen LogP) is 5.41. The highest BCUT2D eigenvalue weighted by molar-refractivity contribution is 7.10. The fourth-order valence-electron chi connectivity index (χ4n) is 4.19. The minimum Gasteiger partial charge on any atom is -0.306 e. The number of rotatable bonds is 3. The van der Waals surface area contributed by atoms with Crippen molar-refractivity contribution in [3.05, 3.63) is 70.7 Å². The molecule has 4 aromatic rings. The molecule has 29 heavy (non-hydrogen) atoms. The zero-order valence-electron chi connectivity index (χ0n) is 16.4. The van der Waals surface area contributed by atoms with Crippen molar-refractivity contribution in [1.82, 2.24) is 14.3 Å². The van der Waals surface area contributed by atoms with Gasteiger partial charge in [0.05, 0.1) is 11.9 Å². The summed E-state index contributed by atoms with van der Waals surface area (Å²) in [6, 6.07) is 17.5. The predicted molar refractivity (Wildman–Crippen MR) is 118 cm³/mol. The SMILES string of the molecule is CN1CCC(c2ccc(-c3ccn4c(-c5csc(C#N)c5)cnc4c3)cc2)CC1. The molecule has 1 aliphatic heterocycles. The maximum absolute atomic E-state index is 9.07. The van der Waals surface area contributed by atoms with Crippen LogP contribution in [0.15, 0.2) is 60.2 Å². The summed E-state index contributed by atoms with van der Waals surface area (Å²) in [5.74, 6) is 0.682. The topological polar surface area (TPSA) is 44.3 Å². The molecule has 4 heterocycles. The Hall–Kier alpha value is -2.94. The molecule has 0 aliphatic carbocycles. The van der Waals surface area contributed by atoms with E-state index >= 15 is 0 Å². The average molecular weight is 399 g/mol. The number of nitrogens with zero attached hydrogens (tertiary/aromatic N) is 4. The molecular formula is C24H22N4S. The monoisotopic (exact) mass is 398 g/mol. The molecule has 3 aromatic heterocycles. The van der Waals surface area contributed by atoms with Crippen LogP contribution >= 0.6 is 11.3 Å². The van der Waals surface area contributed by atoms with Crippen LogP contribution in [0.1, 0.15) is 29.2 Å². The first kappa shape index (κ1) is 18.1. The van der Waals surface area contributed by atoms with Crippen molar-refractivity contribution in [2.75, 3.05) is 20.1 Å². The average Bonchev–Trinajstić information content (AvgIpc) is 3.40. The molecule has 1 aromatic carbocycles. The Kier molecular flexibility index (Phi) is 4.67. The van der Waals surface area contributed by atoms with Gasteiger partial charge in [-0.25, -0.2) is 4.98 Å². The van der Waals surface area contributed by atoms with Crippen molar-refractivity contribution in [1.29, 1.82) is 5.26 Å². The Morgan fingerprint density at radius 2 is 1.83 bits per heavy atom. The summed E-state index contributed by atoms with van der Waals surface area (Å²) < 4.78 is 2.08. The van der Waals surface area contributed by atoms with Crippen LogP contribution in [0, 0.1) is 11.3 Å². The van der Waals surface area contributed by atoms with E-state index < -0.39 is 0 Å². The molecule has 4 nitrogen and oxygen atoms in total. The van der Waals surface area contributed by atoms with Gasteiger partial charge in [-0.2, -0.15) is 5.26 Å². The van der Waals surface area contributed by atoms with Gasteiger partial charge in [-0.05, 0) is 73.8 Å². The fraction of sp³-hybridized carbons (Fsp3) is 0.250. The van der Waals surface area contributed by atoms with Crippen molar-refractivity contribution < 1.29 is 0 Å². The minimum atomic E-state index is 0.682. The number of likely N-dealkylation sites (tertiary alicyclic amines) is 1. The van der Waals surface area contributed by atoms with E-state index in [1.165, 1.54) is 54.0 Å². The van der Waals surface area contributed by atoms with E-state index in [9.17, 15) is 0 Å². The largest absolute Gasteiger partial charge is 0.306 e. The number of fused-ring (bicyclic) bond motifs is 1. The zero-order chi connectivity index (χ0) is 19.8. The Morgan fingerprint density at radius 3 is 2.55 bits per heavy atom. The molecule has 5 rings (SSSR count). The van der Waals surface area contributed by atoms with Gasteiger partial charge in [-0.1, -0.05) is 24.3 Å². The molecular weight excluding hydrogens is 376 g/mol. The number of hydrogen-bond donors (Lipinski definition) is 0. The van der Waals surface area contributed by atoms with E-state index in [0.29, 0.717) is 5.92 Å². The minimum absolute atomic E-state index is 0.682. The zero-order valence-corrected chi connectivity index (χ0v) is 17.2. The third-order valence-electron chi connectivity index (χ3n) is 5.95. The van der Waals surface area contributed by atoms with Crippen molar-refractivity contribution in [3.8, 4) is 28.5 Å². The maximum atomic E-state index is 9.07. The second kappa shape index (κ2) is 7.47. The van der Waals surface area contributed by atoms with Crippen LogP contribution in [0.4, 0.5) is 0 Å². The fourth-order valence-corrected chi connectivity index (χ4v) is 4.88. The van der Waals surface area contributed by atoms with E-state index in [1.807, 2.05) is 17.6 Å². The number of imidazole rings is 1. The van der Waals surface area contributed by atoms with Crippen LogP contribution in [-0.2, 0) is 0 Å². The van der Waals surface area contributed by atoms with Gasteiger partial charge >= 0.3 is 0 Å². The molecule has 0 amide bonds. The van der Waals surface area contributed by atoms with Crippen LogP contribution in [0.2, 0.25) is 0 Å². The third-order valence-corrected chi connectivity index (χ3v) is 6.79. The van der Waals surface area contributed by atoms with Crippen molar-refractivity contribution >= 4 is 17.0 Å². The van der Waals surface area contributed by atoms with Crippen LogP contribution in [0.3, 0.4) is 0 Å². The summed E-state index contributed by atoms with van der Waals surface area (Å²) >= 11 is 1.46. The smallest absolute Gasteiger partial charge is 0.137 e. The van der Waals surface area contributed by atoms with Crippen molar-refractivity contribution in [3.63, 3.8) is 0 Å². The molecule has 1 fully saturated rings. The van der Waals surface area contributed by atoms with Gasteiger partial charge in [0.25, 0.3) is 0 Å². The van der Waals surface area contributed by atoms with Crippen LogP contribution < -0.4 is 0 Å². The quantitative estimate of drug-likeness (QED) is 0.463. The van der Waals surface area contributed by atoms with Crippen LogP contribution in [0.5, 0.6) is 0 Å². The van der Waals surface area contributed by atoms with Gasteiger partial charge in [-0.3, -0.25) is 4.40 Å². The third kappa shape index (κ3) is 3.46. The number of hydrogen-bond acceptors (Lipinski definition) is 4. The van der Waals surface area contributed by atoms with Crippen molar-refractivity contribution in [2.24, 2.45) is 0 Å². The summed E-state index contributed by atoms with van der Waals surface area (Å²) in [5.41, 5.74) is 6.82. The molecule has 0 N–H and O–H groups in total. The second-order valence-electron chi connectivity index (χ2n) is 7.80. The first-order chi connectivity index (χ1) is 14.2. The molecule has 0 atom stereocenters. The maximum Gasteiger partial charge on any atom is 0.137 e. The first-order valence-corrected chi connectivity index (χ1v) is 10.8. The molecule has 1 aliphatic rings. The van der Waals surface area contributed by atoms with Gasteiger partial charge in [0.1, 0.15) is 16.6 Å². The van der Waals surface area contributed by atoms with E-state index in [4.69, 9.17) is 5.26 Å². The highest BCUT2D eigenvalue weighted by atomic mass is 32.1. The van der Waals surface area contributed by atoms with Gasteiger partial charge in [-0.15, -0.1) is 11.3 Å². The summed E-state index contributed by atoms with van der Waals surface area (Å²) in [4.78, 5) is 7.73. The lowest BCUT2D eigenvalue weighted by Gasteiger charge is -2.29. The number of piperidine rings is 1. The summed E-state index contributed by atoms with van der Waals surface area (Å²) in [6.45, 7) is 2.37. The van der Waals surface area contributed by atoms with E-state index in [-0.39, 0.29) is 0 Å². The number of nitriles is 1. The van der Waals surface area contributed by atoms with Crippen molar-refractivity contribution in [2.45, 2.75) is 18.8 Å². The van der Waals surface area contributed by atoms with E-state index in [0.717, 1.165) is 21.8 Å². The van der Waals surface area contributed by atoms with Gasteiger partial charge in [0.15, 0.2) is 0 Å². The molecule has 1 saturated heterocycles. The highest BCUT2D eigenvalue weighted by Gasteiger charge is 2.18. The first-order valence-electron chi connectivity index (χ1n) is 9.96. The lowest BCUT2D eigenvalue weighted by Crippen LogP contribution is -2.29. The molecule has 0 unspecified atom stereocenters. The standard InChI is InChI=1S/C24H22N4S/c1-27-9-6-19(7-10-27)17-2-4-18(5-3-17)20-8-11-28-23(15-26-24(28)13-20)21-12-22(14-25)29-16-21/h2-5,8,11-13,15-16,19H,6-7,9-10H2,1H3. The Morgan fingerprint density at radius 1 is 1.03 bits per heavy atom. The summed E-state index contributed by atoms with van der Waals surface area (Å²) in [7, 11) is 2.21. The van der Waals surface area contributed by atoms with Gasteiger partial charge in [0.2, 0.25) is 0 Å². The lowest BCUT2D eigenvalue weighted by atomic mass is 9.89. The van der Waals surface area contributed by atoms with Gasteiger partial charge < -0.3 is 4.90 Å². The van der Waals surface area contributed by atoms with E-state index in [2.05, 4.69) is 70.0 Å². The molecule has 144 valence electrons.